The lowest BCUT2D eigenvalue weighted by atomic mass is 10.2. The Bertz CT molecular complexity index is 693. The van der Waals surface area contributed by atoms with Crippen LogP contribution < -0.4 is 5.32 Å². The van der Waals surface area contributed by atoms with E-state index in [0.29, 0.717) is 25.3 Å². The van der Waals surface area contributed by atoms with E-state index in [1.165, 1.54) is 0 Å². The lowest BCUT2D eigenvalue weighted by molar-refractivity contribution is -0.128. The van der Waals surface area contributed by atoms with Crippen LogP contribution in [0.15, 0.2) is 46.9 Å². The first-order valence-corrected chi connectivity index (χ1v) is 7.87. The van der Waals surface area contributed by atoms with Crippen molar-refractivity contribution in [3.8, 4) is 0 Å². The molecule has 0 bridgehead atoms. The van der Waals surface area contributed by atoms with Crippen LogP contribution in [-0.2, 0) is 17.8 Å². The maximum absolute atomic E-state index is 12.2. The minimum absolute atomic E-state index is 0.0628. The van der Waals surface area contributed by atoms with Crippen molar-refractivity contribution in [1.29, 1.82) is 0 Å². The summed E-state index contributed by atoms with van der Waals surface area (Å²) < 4.78 is 5.44. The van der Waals surface area contributed by atoms with Gasteiger partial charge in [0.1, 0.15) is 5.76 Å². The summed E-state index contributed by atoms with van der Waals surface area (Å²) in [5.41, 5.74) is 1.09. The molecule has 1 aromatic carbocycles. The first-order valence-electron chi connectivity index (χ1n) is 7.87. The topological polar surface area (TPSA) is 62.6 Å². The van der Waals surface area contributed by atoms with Crippen molar-refractivity contribution in [3.05, 3.63) is 59.5 Å². The van der Waals surface area contributed by atoms with Gasteiger partial charge in [-0.1, -0.05) is 37.3 Å². The van der Waals surface area contributed by atoms with E-state index in [1.54, 1.807) is 17.0 Å². The molecule has 0 saturated carbocycles. The number of benzene rings is 1. The highest BCUT2D eigenvalue weighted by atomic mass is 16.3. The average Bonchev–Trinajstić information content (AvgIpc) is 3.16. The quantitative estimate of drug-likeness (QED) is 0.922. The summed E-state index contributed by atoms with van der Waals surface area (Å²) >= 11 is 0. The molecule has 1 saturated heterocycles. The highest BCUT2D eigenvalue weighted by Crippen LogP contribution is 2.16. The van der Waals surface area contributed by atoms with Crippen molar-refractivity contribution in [2.75, 3.05) is 6.54 Å². The number of nitrogens with one attached hydrogen (secondary N) is 1. The normalized spacial score (nSPS) is 17.5. The van der Waals surface area contributed by atoms with Crippen molar-refractivity contribution in [2.45, 2.75) is 32.4 Å². The first-order chi connectivity index (χ1) is 11.2. The summed E-state index contributed by atoms with van der Waals surface area (Å²) in [4.78, 5) is 26.1. The number of hydrogen-bond acceptors (Lipinski definition) is 3. The highest BCUT2D eigenvalue weighted by Gasteiger charge is 2.31. The molecule has 2 amide bonds. The molecule has 0 radical (unpaired) electrons. The van der Waals surface area contributed by atoms with E-state index in [9.17, 15) is 9.59 Å². The van der Waals surface area contributed by atoms with E-state index in [2.05, 4.69) is 5.32 Å². The Morgan fingerprint density at radius 1 is 1.26 bits per heavy atom. The van der Waals surface area contributed by atoms with E-state index < -0.39 is 0 Å². The lowest BCUT2D eigenvalue weighted by Crippen LogP contribution is -2.36. The van der Waals surface area contributed by atoms with Crippen LogP contribution in [0.4, 0.5) is 0 Å². The number of hydrogen-bond donors (Lipinski definition) is 1. The van der Waals surface area contributed by atoms with Gasteiger partial charge in [0.2, 0.25) is 5.91 Å². The van der Waals surface area contributed by atoms with E-state index in [-0.39, 0.29) is 17.9 Å². The molecule has 5 nitrogen and oxygen atoms in total. The molecule has 23 heavy (non-hydrogen) atoms. The van der Waals surface area contributed by atoms with Gasteiger partial charge in [0.25, 0.3) is 5.91 Å². The Balaban J connectivity index is 1.58. The molecule has 1 aromatic heterocycles. The summed E-state index contributed by atoms with van der Waals surface area (Å²) in [6.45, 7) is 3.07. The summed E-state index contributed by atoms with van der Waals surface area (Å²) in [7, 11) is 0. The van der Waals surface area contributed by atoms with E-state index in [1.807, 2.05) is 37.3 Å². The highest BCUT2D eigenvalue weighted by molar-refractivity contribution is 5.92. The number of nitrogens with zero attached hydrogens (tertiary/aromatic N) is 1. The van der Waals surface area contributed by atoms with Crippen LogP contribution >= 0.6 is 0 Å². The van der Waals surface area contributed by atoms with Gasteiger partial charge < -0.3 is 14.6 Å². The van der Waals surface area contributed by atoms with Crippen LogP contribution in [0.1, 0.15) is 35.2 Å². The summed E-state index contributed by atoms with van der Waals surface area (Å²) in [5, 5.41) is 2.88. The van der Waals surface area contributed by atoms with Crippen LogP contribution in [0.5, 0.6) is 0 Å². The molecule has 1 atom stereocenters. The third-order valence-electron chi connectivity index (χ3n) is 4.00. The van der Waals surface area contributed by atoms with Gasteiger partial charge in [0.05, 0.1) is 6.04 Å². The van der Waals surface area contributed by atoms with Crippen LogP contribution in [0.25, 0.3) is 0 Å². The second kappa shape index (κ2) is 6.69. The predicted octanol–water partition coefficient (Wildman–Crippen LogP) is 2.37. The SMILES string of the molecule is CCc1ccc(C(=O)NC2CC(=O)N(Cc3ccccc3)C2)o1. The molecule has 1 aliphatic rings. The maximum atomic E-state index is 12.2. The molecule has 0 aliphatic carbocycles. The monoisotopic (exact) mass is 312 g/mol. The number of aryl methyl sites for hydroxylation is 1. The summed E-state index contributed by atoms with van der Waals surface area (Å²) in [5.74, 6) is 0.885. The second-order valence-corrected chi connectivity index (χ2v) is 5.75. The molecule has 2 heterocycles. The number of likely N-dealkylation sites (tertiary alicyclic amines) is 1. The van der Waals surface area contributed by atoms with Gasteiger partial charge in [-0.3, -0.25) is 9.59 Å². The smallest absolute Gasteiger partial charge is 0.287 e. The molecule has 1 unspecified atom stereocenters. The third kappa shape index (κ3) is 3.62. The molecule has 0 spiro atoms. The summed E-state index contributed by atoms with van der Waals surface area (Å²) in [6.07, 6.45) is 1.08. The number of rotatable bonds is 5. The molecule has 1 aliphatic heterocycles. The fraction of sp³-hybridized carbons (Fsp3) is 0.333. The van der Waals surface area contributed by atoms with Gasteiger partial charge >= 0.3 is 0 Å². The van der Waals surface area contributed by atoms with Gasteiger partial charge in [-0.05, 0) is 17.7 Å². The number of carbonyl (C=O) groups excluding carboxylic acids is 2. The number of furan rings is 1. The zero-order valence-corrected chi connectivity index (χ0v) is 13.1. The molecule has 5 heteroatoms. The molecule has 3 rings (SSSR count). The number of carbonyl (C=O) groups is 2. The van der Waals surface area contributed by atoms with Gasteiger partial charge in [-0.2, -0.15) is 0 Å². The molecule has 1 N–H and O–H groups in total. The maximum Gasteiger partial charge on any atom is 0.287 e. The van der Waals surface area contributed by atoms with E-state index in [0.717, 1.165) is 17.7 Å². The van der Waals surface area contributed by atoms with Crippen LogP contribution in [0, 0.1) is 0 Å². The largest absolute Gasteiger partial charge is 0.456 e. The lowest BCUT2D eigenvalue weighted by Gasteiger charge is -2.17. The number of amides is 2. The van der Waals surface area contributed by atoms with Crippen molar-refractivity contribution < 1.29 is 14.0 Å². The predicted molar refractivity (Wildman–Crippen MR) is 85.8 cm³/mol. The van der Waals surface area contributed by atoms with Crippen LogP contribution in [0.2, 0.25) is 0 Å². The fourth-order valence-corrected chi connectivity index (χ4v) is 2.77. The van der Waals surface area contributed by atoms with E-state index in [4.69, 9.17) is 4.42 Å². The Hall–Kier alpha value is -2.56. The van der Waals surface area contributed by atoms with Crippen molar-refractivity contribution in [3.63, 3.8) is 0 Å². The van der Waals surface area contributed by atoms with Gasteiger partial charge in [-0.15, -0.1) is 0 Å². The summed E-state index contributed by atoms with van der Waals surface area (Å²) in [6, 6.07) is 13.2. The minimum atomic E-state index is -0.260. The molecule has 2 aromatic rings. The zero-order chi connectivity index (χ0) is 16.2. The van der Waals surface area contributed by atoms with Gasteiger partial charge in [-0.25, -0.2) is 0 Å². The fourth-order valence-electron chi connectivity index (χ4n) is 2.77. The molecule has 120 valence electrons. The van der Waals surface area contributed by atoms with Gasteiger partial charge in [0.15, 0.2) is 5.76 Å². The molecular weight excluding hydrogens is 292 g/mol. The van der Waals surface area contributed by atoms with E-state index >= 15 is 0 Å². The zero-order valence-electron chi connectivity index (χ0n) is 13.1. The Morgan fingerprint density at radius 2 is 2.04 bits per heavy atom. The van der Waals surface area contributed by atoms with Crippen molar-refractivity contribution >= 4 is 11.8 Å². The second-order valence-electron chi connectivity index (χ2n) is 5.75. The Morgan fingerprint density at radius 3 is 2.74 bits per heavy atom. The van der Waals surface area contributed by atoms with Crippen molar-refractivity contribution in [1.82, 2.24) is 10.2 Å². The molecular formula is C18H20N2O3. The first kappa shape index (κ1) is 15.3. The Labute approximate surface area is 135 Å². The van der Waals surface area contributed by atoms with Crippen LogP contribution in [0.3, 0.4) is 0 Å². The van der Waals surface area contributed by atoms with Crippen LogP contribution in [-0.4, -0.2) is 29.3 Å². The van der Waals surface area contributed by atoms with Gasteiger partial charge in [0, 0.05) is 25.9 Å². The standard InChI is InChI=1S/C18H20N2O3/c1-2-15-8-9-16(23-15)18(22)19-14-10-17(21)20(12-14)11-13-6-4-3-5-7-13/h3-9,14H,2,10-12H2,1H3,(H,19,22). The molecule has 1 fully saturated rings. The Kier molecular flexibility index (Phi) is 4.46. The average molecular weight is 312 g/mol. The van der Waals surface area contributed by atoms with Crippen molar-refractivity contribution in [2.24, 2.45) is 0 Å². The minimum Gasteiger partial charge on any atom is -0.456 e. The third-order valence-corrected chi connectivity index (χ3v) is 4.00.